The first-order chi connectivity index (χ1) is 9.38. The average Bonchev–Trinajstić information content (AvgIpc) is 2.58. The van der Waals surface area contributed by atoms with E-state index < -0.39 is 23.3 Å². The minimum absolute atomic E-state index is 0.0358. The normalized spacial score (nSPS) is 17.8. The highest BCUT2D eigenvalue weighted by atomic mass is 19.4. The van der Waals surface area contributed by atoms with Crippen LogP contribution in [0.15, 0.2) is 6.20 Å². The fourth-order valence-corrected chi connectivity index (χ4v) is 2.55. The van der Waals surface area contributed by atoms with Crippen LogP contribution in [0.2, 0.25) is 0 Å². The zero-order chi connectivity index (χ0) is 14.8. The lowest BCUT2D eigenvalue weighted by Gasteiger charge is -2.16. The molecule has 0 unspecified atom stereocenters. The summed E-state index contributed by atoms with van der Waals surface area (Å²) in [6.45, 7) is 0. The highest BCUT2D eigenvalue weighted by Crippen LogP contribution is 2.30. The number of carbonyl (C=O) groups excluding carboxylic acids is 1. The van der Waals surface area contributed by atoms with E-state index in [-0.39, 0.29) is 6.04 Å². The summed E-state index contributed by atoms with van der Waals surface area (Å²) in [7, 11) is 1.37. The van der Waals surface area contributed by atoms with Crippen molar-refractivity contribution >= 4 is 5.91 Å². The smallest absolute Gasteiger partial charge is 0.349 e. The number of hydrogen-bond acceptors (Lipinski definition) is 2. The van der Waals surface area contributed by atoms with Crippen LogP contribution in [-0.4, -0.2) is 21.7 Å². The first kappa shape index (κ1) is 14.9. The third kappa shape index (κ3) is 3.52. The molecule has 0 spiro atoms. The van der Waals surface area contributed by atoms with E-state index in [1.165, 1.54) is 7.05 Å². The maximum absolute atomic E-state index is 12.8. The summed E-state index contributed by atoms with van der Waals surface area (Å²) in [6, 6.07) is -0.0358. The van der Waals surface area contributed by atoms with Crippen LogP contribution in [0.3, 0.4) is 0 Å². The minimum atomic E-state index is -4.61. The molecule has 1 aliphatic carbocycles. The van der Waals surface area contributed by atoms with E-state index in [0.717, 1.165) is 49.4 Å². The number of nitrogens with zero attached hydrogens (tertiary/aromatic N) is 2. The zero-order valence-electron chi connectivity index (χ0n) is 11.3. The molecule has 20 heavy (non-hydrogen) atoms. The van der Waals surface area contributed by atoms with Crippen molar-refractivity contribution in [1.82, 2.24) is 15.1 Å². The zero-order valence-corrected chi connectivity index (χ0v) is 11.3. The molecular weight excluding hydrogens is 271 g/mol. The van der Waals surface area contributed by atoms with Gasteiger partial charge in [-0.25, -0.2) is 0 Å². The largest absolute Gasteiger partial charge is 0.435 e. The molecule has 0 saturated heterocycles. The molecule has 0 radical (unpaired) electrons. The van der Waals surface area contributed by atoms with E-state index in [2.05, 4.69) is 10.4 Å². The molecule has 0 aromatic carbocycles. The highest BCUT2D eigenvalue weighted by Gasteiger charge is 2.39. The molecule has 1 aromatic heterocycles. The molecular formula is C13H18F3N3O. The van der Waals surface area contributed by atoms with Crippen LogP contribution in [0.4, 0.5) is 13.2 Å². The topological polar surface area (TPSA) is 46.9 Å². The number of carbonyl (C=O) groups is 1. The number of rotatable bonds is 2. The van der Waals surface area contributed by atoms with E-state index in [1.54, 1.807) is 0 Å². The van der Waals surface area contributed by atoms with E-state index in [1.807, 2.05) is 0 Å². The highest BCUT2D eigenvalue weighted by molar-refractivity contribution is 5.95. The quantitative estimate of drug-likeness (QED) is 0.851. The van der Waals surface area contributed by atoms with Crippen LogP contribution in [0.1, 0.15) is 54.6 Å². The molecule has 0 atom stereocenters. The van der Waals surface area contributed by atoms with Gasteiger partial charge in [-0.1, -0.05) is 25.7 Å². The molecule has 0 aliphatic heterocycles. The van der Waals surface area contributed by atoms with Gasteiger partial charge in [0.15, 0.2) is 5.69 Å². The second-order valence-electron chi connectivity index (χ2n) is 5.22. The molecule has 1 amide bonds. The summed E-state index contributed by atoms with van der Waals surface area (Å²) in [6.07, 6.45) is 2.40. The van der Waals surface area contributed by atoms with Gasteiger partial charge in [0.1, 0.15) is 0 Å². The summed E-state index contributed by atoms with van der Waals surface area (Å²) in [5, 5.41) is 6.05. The summed E-state index contributed by atoms with van der Waals surface area (Å²) < 4.78 is 39.4. The van der Waals surface area contributed by atoms with Crippen molar-refractivity contribution in [2.45, 2.75) is 50.7 Å². The Morgan fingerprint density at radius 3 is 2.45 bits per heavy atom. The molecule has 1 aromatic rings. The Labute approximate surface area is 115 Å². The molecule has 0 bridgehead atoms. The lowest BCUT2D eigenvalue weighted by molar-refractivity contribution is -0.141. The second kappa shape index (κ2) is 5.85. The SMILES string of the molecule is Cn1cc(C(=O)NC2CCCCCC2)c(C(F)(F)F)n1. The van der Waals surface area contributed by atoms with Crippen molar-refractivity contribution in [3.63, 3.8) is 0 Å². The predicted molar refractivity (Wildman–Crippen MR) is 67.2 cm³/mol. The summed E-state index contributed by atoms with van der Waals surface area (Å²) >= 11 is 0. The number of nitrogens with one attached hydrogen (secondary N) is 1. The first-order valence-corrected chi connectivity index (χ1v) is 6.79. The van der Waals surface area contributed by atoms with Crippen molar-refractivity contribution in [2.24, 2.45) is 7.05 Å². The Bertz CT molecular complexity index is 474. The third-order valence-corrected chi connectivity index (χ3v) is 3.53. The molecule has 7 heteroatoms. The average molecular weight is 289 g/mol. The van der Waals surface area contributed by atoms with Crippen molar-refractivity contribution in [1.29, 1.82) is 0 Å². The van der Waals surface area contributed by atoms with Gasteiger partial charge in [0.25, 0.3) is 5.91 Å². The van der Waals surface area contributed by atoms with Gasteiger partial charge in [-0.3, -0.25) is 9.48 Å². The van der Waals surface area contributed by atoms with Gasteiger partial charge in [-0.05, 0) is 12.8 Å². The lowest BCUT2D eigenvalue weighted by Crippen LogP contribution is -2.35. The van der Waals surface area contributed by atoms with Crippen molar-refractivity contribution < 1.29 is 18.0 Å². The molecule has 1 aliphatic rings. The molecule has 1 fully saturated rings. The van der Waals surface area contributed by atoms with Crippen LogP contribution >= 0.6 is 0 Å². The maximum Gasteiger partial charge on any atom is 0.435 e. The molecule has 1 N–H and O–H groups in total. The summed E-state index contributed by atoms with van der Waals surface area (Å²) in [5.41, 5.74) is -1.52. The van der Waals surface area contributed by atoms with Crippen molar-refractivity contribution in [3.8, 4) is 0 Å². The molecule has 4 nitrogen and oxygen atoms in total. The first-order valence-electron chi connectivity index (χ1n) is 6.79. The van der Waals surface area contributed by atoms with Gasteiger partial charge < -0.3 is 5.32 Å². The maximum atomic E-state index is 12.8. The van der Waals surface area contributed by atoms with Gasteiger partial charge in [-0.15, -0.1) is 0 Å². The van der Waals surface area contributed by atoms with Gasteiger partial charge >= 0.3 is 6.18 Å². The Balaban J connectivity index is 2.12. The van der Waals surface area contributed by atoms with Crippen LogP contribution in [0.25, 0.3) is 0 Å². The molecule has 112 valence electrons. The van der Waals surface area contributed by atoms with Crippen LogP contribution < -0.4 is 5.32 Å². The van der Waals surface area contributed by atoms with E-state index >= 15 is 0 Å². The summed E-state index contributed by atoms with van der Waals surface area (Å²) in [5.74, 6) is -0.683. The number of amides is 1. The van der Waals surface area contributed by atoms with Crippen LogP contribution in [0.5, 0.6) is 0 Å². The van der Waals surface area contributed by atoms with E-state index in [4.69, 9.17) is 0 Å². The van der Waals surface area contributed by atoms with Gasteiger partial charge in [-0.2, -0.15) is 18.3 Å². The number of halogens is 3. The molecule has 2 rings (SSSR count). The van der Waals surface area contributed by atoms with Crippen LogP contribution in [-0.2, 0) is 13.2 Å². The second-order valence-corrected chi connectivity index (χ2v) is 5.22. The standard InChI is InChI=1S/C13H18F3N3O/c1-19-8-10(11(18-19)13(14,15)16)12(20)17-9-6-4-2-3-5-7-9/h8-9H,2-7H2,1H3,(H,17,20). The van der Waals surface area contributed by atoms with Gasteiger partial charge in [0, 0.05) is 19.3 Å². The predicted octanol–water partition coefficient (Wildman–Crippen LogP) is 2.89. The fourth-order valence-electron chi connectivity index (χ4n) is 2.55. The number of hydrogen-bond donors (Lipinski definition) is 1. The van der Waals surface area contributed by atoms with Crippen molar-refractivity contribution in [2.75, 3.05) is 0 Å². The Morgan fingerprint density at radius 2 is 1.90 bits per heavy atom. The molecule has 1 saturated carbocycles. The minimum Gasteiger partial charge on any atom is -0.349 e. The van der Waals surface area contributed by atoms with Gasteiger partial charge in [0.2, 0.25) is 0 Å². The van der Waals surface area contributed by atoms with E-state index in [0.29, 0.717) is 0 Å². The number of aromatic nitrogens is 2. The van der Waals surface area contributed by atoms with Gasteiger partial charge in [0.05, 0.1) is 5.56 Å². The monoisotopic (exact) mass is 289 g/mol. The molecule has 1 heterocycles. The van der Waals surface area contributed by atoms with Crippen molar-refractivity contribution in [3.05, 3.63) is 17.5 Å². The Morgan fingerprint density at radius 1 is 1.30 bits per heavy atom. The number of alkyl halides is 3. The lowest BCUT2D eigenvalue weighted by atomic mass is 10.1. The third-order valence-electron chi connectivity index (χ3n) is 3.53. The Hall–Kier alpha value is -1.53. The number of aryl methyl sites for hydroxylation is 1. The fraction of sp³-hybridized carbons (Fsp3) is 0.692. The van der Waals surface area contributed by atoms with Crippen LogP contribution in [0, 0.1) is 0 Å². The Kier molecular flexibility index (Phi) is 4.35. The summed E-state index contributed by atoms with van der Waals surface area (Å²) in [4.78, 5) is 12.0. The van der Waals surface area contributed by atoms with E-state index in [9.17, 15) is 18.0 Å².